The van der Waals surface area contributed by atoms with Crippen molar-refractivity contribution in [2.45, 2.75) is 13.3 Å². The Bertz CT molecular complexity index is 711. The predicted molar refractivity (Wildman–Crippen MR) is 86.5 cm³/mol. The van der Waals surface area contributed by atoms with E-state index < -0.39 is 0 Å². The fourth-order valence-corrected chi connectivity index (χ4v) is 2.79. The molecule has 5 nitrogen and oxygen atoms in total. The molecule has 1 unspecified atom stereocenters. The van der Waals surface area contributed by atoms with Crippen LogP contribution < -0.4 is 15.2 Å². The van der Waals surface area contributed by atoms with E-state index in [-0.39, 0.29) is 5.56 Å². The zero-order valence-corrected chi connectivity index (χ0v) is 13.0. The summed E-state index contributed by atoms with van der Waals surface area (Å²) in [7, 11) is 1.75. The number of aromatic nitrogens is 2. The summed E-state index contributed by atoms with van der Waals surface area (Å²) in [4.78, 5) is 18.4. The number of aryl methyl sites for hydroxylation is 2. The van der Waals surface area contributed by atoms with Gasteiger partial charge in [-0.05, 0) is 25.0 Å². The van der Waals surface area contributed by atoms with Gasteiger partial charge in [0.15, 0.2) is 5.82 Å². The molecule has 1 aromatic heterocycles. The fourth-order valence-electron chi connectivity index (χ4n) is 2.79. The molecule has 5 heteroatoms. The van der Waals surface area contributed by atoms with Gasteiger partial charge < -0.3 is 14.2 Å². The molecular weight excluding hydrogens is 278 g/mol. The maximum atomic E-state index is 12.1. The lowest BCUT2D eigenvalue weighted by atomic mass is 10.1. The highest BCUT2D eigenvalue weighted by Crippen LogP contribution is 2.22. The average Bonchev–Trinajstić information content (AvgIpc) is 2.98. The Balaban J connectivity index is 1.62. The quantitative estimate of drug-likeness (QED) is 0.866. The predicted octanol–water partition coefficient (Wildman–Crippen LogP) is 1.99. The van der Waals surface area contributed by atoms with E-state index in [0.29, 0.717) is 18.3 Å². The lowest BCUT2D eigenvalue weighted by Gasteiger charge is -2.17. The van der Waals surface area contributed by atoms with Crippen LogP contribution in [0.3, 0.4) is 0 Å². The molecule has 1 atom stereocenters. The van der Waals surface area contributed by atoms with Gasteiger partial charge in [-0.25, -0.2) is 4.98 Å². The van der Waals surface area contributed by atoms with Crippen molar-refractivity contribution < 1.29 is 4.74 Å². The van der Waals surface area contributed by atoms with Gasteiger partial charge in [0.1, 0.15) is 5.75 Å². The highest BCUT2D eigenvalue weighted by Gasteiger charge is 2.26. The van der Waals surface area contributed by atoms with Crippen molar-refractivity contribution in [2.24, 2.45) is 13.0 Å². The van der Waals surface area contributed by atoms with Crippen LogP contribution in [0.4, 0.5) is 5.82 Å². The van der Waals surface area contributed by atoms with E-state index >= 15 is 0 Å². The maximum absolute atomic E-state index is 12.1. The third-order valence-electron chi connectivity index (χ3n) is 4.15. The lowest BCUT2D eigenvalue weighted by molar-refractivity contribution is 0.259. The van der Waals surface area contributed by atoms with E-state index in [0.717, 1.165) is 30.8 Å². The van der Waals surface area contributed by atoms with Gasteiger partial charge in [-0.2, -0.15) is 0 Å². The summed E-state index contributed by atoms with van der Waals surface area (Å²) in [5.74, 6) is 1.91. The molecule has 0 aliphatic carbocycles. The second-order valence-electron chi connectivity index (χ2n) is 5.84. The monoisotopic (exact) mass is 299 g/mol. The third kappa shape index (κ3) is 2.98. The first-order valence-electron chi connectivity index (χ1n) is 7.60. The molecule has 0 radical (unpaired) electrons. The van der Waals surface area contributed by atoms with Gasteiger partial charge in [0, 0.05) is 38.4 Å². The molecule has 0 saturated carbocycles. The second kappa shape index (κ2) is 6.22. The van der Waals surface area contributed by atoms with E-state index in [4.69, 9.17) is 4.74 Å². The minimum atomic E-state index is -0.0389. The normalized spacial score (nSPS) is 17.7. The first-order chi connectivity index (χ1) is 10.6. The van der Waals surface area contributed by atoms with E-state index in [1.54, 1.807) is 24.0 Å². The molecule has 0 amide bonds. The lowest BCUT2D eigenvalue weighted by Crippen LogP contribution is -2.31. The molecule has 3 rings (SSSR count). The van der Waals surface area contributed by atoms with Crippen molar-refractivity contribution in [1.82, 2.24) is 9.55 Å². The molecule has 1 aromatic carbocycles. The minimum absolute atomic E-state index is 0.0389. The van der Waals surface area contributed by atoms with Gasteiger partial charge in [0.25, 0.3) is 5.56 Å². The van der Waals surface area contributed by atoms with Gasteiger partial charge in [-0.15, -0.1) is 0 Å². The topological polar surface area (TPSA) is 47.4 Å². The molecule has 116 valence electrons. The smallest absolute Gasteiger partial charge is 0.293 e. The van der Waals surface area contributed by atoms with Gasteiger partial charge in [-0.3, -0.25) is 4.79 Å². The Morgan fingerprint density at radius 1 is 1.36 bits per heavy atom. The first kappa shape index (κ1) is 14.6. The van der Waals surface area contributed by atoms with Gasteiger partial charge in [-0.1, -0.05) is 18.2 Å². The Labute approximate surface area is 130 Å². The molecule has 1 saturated heterocycles. The summed E-state index contributed by atoms with van der Waals surface area (Å²) in [5, 5.41) is 0. The van der Waals surface area contributed by atoms with Crippen LogP contribution in [0, 0.1) is 12.8 Å². The van der Waals surface area contributed by atoms with Crippen LogP contribution in [-0.2, 0) is 7.05 Å². The number of benzene rings is 1. The second-order valence-corrected chi connectivity index (χ2v) is 5.84. The van der Waals surface area contributed by atoms with Crippen LogP contribution >= 0.6 is 0 Å². The molecule has 22 heavy (non-hydrogen) atoms. The standard InChI is InChI=1S/C17H21N3O2/c1-13-5-3-4-6-15(13)22-12-14-7-9-20(11-14)16-17(21)19(2)10-8-18-16/h3-6,8,10,14H,7,9,11-12H2,1-2H3. The molecule has 0 bridgehead atoms. The van der Waals surface area contributed by atoms with Gasteiger partial charge >= 0.3 is 0 Å². The SMILES string of the molecule is Cc1ccccc1OCC1CCN(c2nccn(C)c2=O)C1. The van der Waals surface area contributed by atoms with E-state index in [1.807, 2.05) is 31.2 Å². The third-order valence-corrected chi connectivity index (χ3v) is 4.15. The van der Waals surface area contributed by atoms with Crippen molar-refractivity contribution in [3.05, 3.63) is 52.6 Å². The molecular formula is C17H21N3O2. The molecule has 1 fully saturated rings. The highest BCUT2D eigenvalue weighted by molar-refractivity contribution is 5.37. The molecule has 1 aliphatic heterocycles. The molecule has 0 N–H and O–H groups in total. The van der Waals surface area contributed by atoms with Crippen molar-refractivity contribution in [1.29, 1.82) is 0 Å². The van der Waals surface area contributed by atoms with E-state index in [2.05, 4.69) is 9.88 Å². The van der Waals surface area contributed by atoms with Crippen LogP contribution in [0.5, 0.6) is 5.75 Å². The zero-order chi connectivity index (χ0) is 15.5. The Hall–Kier alpha value is -2.30. The molecule has 0 spiro atoms. The highest BCUT2D eigenvalue weighted by atomic mass is 16.5. The summed E-state index contributed by atoms with van der Waals surface area (Å²) in [5.41, 5.74) is 1.11. The summed E-state index contributed by atoms with van der Waals surface area (Å²) in [6.45, 7) is 4.40. The number of para-hydroxylation sites is 1. The van der Waals surface area contributed by atoms with Crippen molar-refractivity contribution in [2.75, 3.05) is 24.6 Å². The molecule has 2 aromatic rings. The van der Waals surface area contributed by atoms with E-state index in [9.17, 15) is 4.79 Å². The minimum Gasteiger partial charge on any atom is -0.493 e. The molecule has 2 heterocycles. The summed E-state index contributed by atoms with van der Waals surface area (Å²) in [6.07, 6.45) is 4.38. The van der Waals surface area contributed by atoms with E-state index in [1.165, 1.54) is 0 Å². The van der Waals surface area contributed by atoms with Crippen LogP contribution in [0.15, 0.2) is 41.5 Å². The number of anilines is 1. The average molecular weight is 299 g/mol. The van der Waals surface area contributed by atoms with Crippen LogP contribution in [0.25, 0.3) is 0 Å². The summed E-state index contributed by atoms with van der Waals surface area (Å²) >= 11 is 0. The summed E-state index contributed by atoms with van der Waals surface area (Å²) < 4.78 is 7.50. The van der Waals surface area contributed by atoms with Gasteiger partial charge in [0.2, 0.25) is 0 Å². The number of nitrogens with zero attached hydrogens (tertiary/aromatic N) is 3. The largest absolute Gasteiger partial charge is 0.493 e. The fraction of sp³-hybridized carbons (Fsp3) is 0.412. The van der Waals surface area contributed by atoms with Crippen molar-refractivity contribution in [3.63, 3.8) is 0 Å². The maximum Gasteiger partial charge on any atom is 0.293 e. The molecule has 1 aliphatic rings. The number of ether oxygens (including phenoxy) is 1. The van der Waals surface area contributed by atoms with Crippen LogP contribution in [-0.4, -0.2) is 29.2 Å². The Kier molecular flexibility index (Phi) is 4.13. The number of rotatable bonds is 4. The Morgan fingerprint density at radius 3 is 3.00 bits per heavy atom. The summed E-state index contributed by atoms with van der Waals surface area (Å²) in [6, 6.07) is 8.04. The van der Waals surface area contributed by atoms with Crippen LogP contribution in [0.2, 0.25) is 0 Å². The van der Waals surface area contributed by atoms with Crippen molar-refractivity contribution >= 4 is 5.82 Å². The number of hydrogen-bond donors (Lipinski definition) is 0. The first-order valence-corrected chi connectivity index (χ1v) is 7.60. The number of hydrogen-bond acceptors (Lipinski definition) is 4. The van der Waals surface area contributed by atoms with Gasteiger partial charge in [0.05, 0.1) is 6.61 Å². The van der Waals surface area contributed by atoms with Crippen LogP contribution in [0.1, 0.15) is 12.0 Å². The zero-order valence-electron chi connectivity index (χ0n) is 13.0. The van der Waals surface area contributed by atoms with Crippen molar-refractivity contribution in [3.8, 4) is 5.75 Å². The Morgan fingerprint density at radius 2 is 2.18 bits per heavy atom.